The molecule has 0 radical (unpaired) electrons. The van der Waals surface area contributed by atoms with Crippen LogP contribution in [-0.2, 0) is 6.18 Å². The maximum atomic E-state index is 12.5. The third-order valence-electron chi connectivity index (χ3n) is 3.38. The van der Waals surface area contributed by atoms with Crippen LogP contribution in [0.2, 0.25) is 0 Å². The number of benzene rings is 1. The van der Waals surface area contributed by atoms with Crippen LogP contribution in [-0.4, -0.2) is 12.8 Å². The van der Waals surface area contributed by atoms with Crippen LogP contribution in [0.5, 0.6) is 0 Å². The molecule has 0 aliphatic rings. The summed E-state index contributed by atoms with van der Waals surface area (Å²) in [5.74, 6) is -0.543. The summed E-state index contributed by atoms with van der Waals surface area (Å²) in [6, 6.07) is 8.95. The molecule has 1 N–H and O–H groups in total. The molecular formula is C18H13BrF3NO2. The van der Waals surface area contributed by atoms with E-state index in [0.29, 0.717) is 10.0 Å². The average Bonchev–Trinajstić information content (AvgIpc) is 2.71. The van der Waals surface area contributed by atoms with E-state index in [2.05, 4.69) is 21.2 Å². The number of alkyl halides is 3. The van der Waals surface area contributed by atoms with Crippen molar-refractivity contribution in [2.24, 2.45) is 0 Å². The fraction of sp³-hybridized carbons (Fsp3) is 0.111. The van der Waals surface area contributed by atoms with Crippen molar-refractivity contribution >= 4 is 33.5 Å². The van der Waals surface area contributed by atoms with Crippen molar-refractivity contribution in [3.05, 3.63) is 79.9 Å². The lowest BCUT2D eigenvalue weighted by Crippen LogP contribution is -2.14. The van der Waals surface area contributed by atoms with Crippen molar-refractivity contribution in [2.75, 3.05) is 12.4 Å². The first kappa shape index (κ1) is 18.9. The van der Waals surface area contributed by atoms with Crippen LogP contribution >= 0.6 is 15.9 Å². The molecule has 0 heterocycles. The molecule has 2 rings (SSSR count). The summed E-state index contributed by atoms with van der Waals surface area (Å²) in [7, 11) is 1.57. The number of nitrogens with one attached hydrogen (secondary N) is 1. The summed E-state index contributed by atoms with van der Waals surface area (Å²) in [4.78, 5) is 24.6. The molecule has 7 heteroatoms. The normalized spacial score (nSPS) is 11.6. The molecule has 0 fully saturated rings. The monoisotopic (exact) mass is 411 g/mol. The standard InChI is InChI=1S/C18H13BrF3NO2/c1-23-15-8-7-13(19)10-14(17(15)25)16(24)9-4-11-2-5-12(6-3-11)18(20,21)22/h2-10H,1H3,(H,23,25)/b9-4+. The first-order chi connectivity index (χ1) is 11.7. The molecule has 0 aromatic heterocycles. The Balaban J connectivity index is 2.31. The van der Waals surface area contributed by atoms with Crippen LogP contribution in [0.3, 0.4) is 0 Å². The number of rotatable bonds is 4. The largest absolute Gasteiger partial charge is 0.416 e. The number of ketones is 1. The second-order valence-corrected chi connectivity index (χ2v) is 6.00. The second kappa shape index (κ2) is 7.65. The van der Waals surface area contributed by atoms with Crippen molar-refractivity contribution in [3.8, 4) is 0 Å². The zero-order valence-electron chi connectivity index (χ0n) is 13.0. The maximum Gasteiger partial charge on any atom is 0.416 e. The smallest absolute Gasteiger partial charge is 0.385 e. The lowest BCUT2D eigenvalue weighted by atomic mass is 10.1. The van der Waals surface area contributed by atoms with Gasteiger partial charge in [-0.3, -0.25) is 9.59 Å². The molecule has 0 bridgehead atoms. The lowest BCUT2D eigenvalue weighted by molar-refractivity contribution is -0.137. The van der Waals surface area contributed by atoms with Gasteiger partial charge in [0.25, 0.3) is 0 Å². The zero-order valence-corrected chi connectivity index (χ0v) is 14.6. The van der Waals surface area contributed by atoms with Crippen LogP contribution in [0.15, 0.2) is 57.8 Å². The Bertz CT molecular complexity index is 875. The van der Waals surface area contributed by atoms with Crippen molar-refractivity contribution in [2.45, 2.75) is 6.18 Å². The van der Waals surface area contributed by atoms with Gasteiger partial charge < -0.3 is 5.32 Å². The molecule has 3 nitrogen and oxygen atoms in total. The Labute approximate surface area is 150 Å². The van der Waals surface area contributed by atoms with Gasteiger partial charge in [0, 0.05) is 11.5 Å². The van der Waals surface area contributed by atoms with Gasteiger partial charge in [0.1, 0.15) is 0 Å². The summed E-state index contributed by atoms with van der Waals surface area (Å²) in [6.45, 7) is 0. The number of halogens is 4. The molecule has 2 aromatic rings. The molecule has 25 heavy (non-hydrogen) atoms. The van der Waals surface area contributed by atoms with Gasteiger partial charge in [-0.2, -0.15) is 13.2 Å². The van der Waals surface area contributed by atoms with Crippen molar-refractivity contribution in [1.29, 1.82) is 0 Å². The van der Waals surface area contributed by atoms with E-state index in [1.807, 2.05) is 0 Å². The summed E-state index contributed by atoms with van der Waals surface area (Å²) < 4.78 is 38.1. The molecule has 0 unspecified atom stereocenters. The number of hydrogen-bond donors (Lipinski definition) is 1. The number of carbonyl (C=O) groups is 1. The van der Waals surface area contributed by atoms with Crippen LogP contribution in [0.1, 0.15) is 21.5 Å². The van der Waals surface area contributed by atoms with E-state index in [4.69, 9.17) is 0 Å². The highest BCUT2D eigenvalue weighted by atomic mass is 79.9. The van der Waals surface area contributed by atoms with Crippen molar-refractivity contribution < 1.29 is 18.0 Å². The van der Waals surface area contributed by atoms with Gasteiger partial charge in [0.05, 0.1) is 16.8 Å². The molecule has 0 amide bonds. The van der Waals surface area contributed by atoms with Gasteiger partial charge in [-0.05, 0) is 42.0 Å². The van der Waals surface area contributed by atoms with Gasteiger partial charge in [0.15, 0.2) is 5.78 Å². The molecule has 2 aromatic carbocycles. The Morgan fingerprint density at radius 2 is 1.76 bits per heavy atom. The highest BCUT2D eigenvalue weighted by molar-refractivity contribution is 9.10. The second-order valence-electron chi connectivity index (χ2n) is 5.09. The Morgan fingerprint density at radius 1 is 1.12 bits per heavy atom. The fourth-order valence-electron chi connectivity index (χ4n) is 2.06. The van der Waals surface area contributed by atoms with E-state index in [-0.39, 0.29) is 11.3 Å². The lowest BCUT2D eigenvalue weighted by Gasteiger charge is -2.05. The zero-order chi connectivity index (χ0) is 18.6. The molecule has 130 valence electrons. The minimum Gasteiger partial charge on any atom is -0.385 e. The summed E-state index contributed by atoms with van der Waals surface area (Å²) in [6.07, 6.45) is -1.89. The molecule has 0 atom stereocenters. The minimum absolute atomic E-state index is 0.0515. The Hall–Kier alpha value is -2.41. The van der Waals surface area contributed by atoms with E-state index in [1.165, 1.54) is 24.3 Å². The number of carbonyl (C=O) groups excluding carboxylic acids is 1. The molecule has 0 spiro atoms. The third kappa shape index (κ3) is 4.79. The maximum absolute atomic E-state index is 12.5. The van der Waals surface area contributed by atoms with Gasteiger partial charge in [-0.15, -0.1) is 0 Å². The molecular weight excluding hydrogens is 399 g/mol. The summed E-state index contributed by atoms with van der Waals surface area (Å²) in [5.41, 5.74) is -0.603. The first-order valence-corrected chi connectivity index (χ1v) is 7.93. The fourth-order valence-corrected chi connectivity index (χ4v) is 2.42. The van der Waals surface area contributed by atoms with Gasteiger partial charge in [-0.25, -0.2) is 0 Å². The Kier molecular flexibility index (Phi) is 5.79. The van der Waals surface area contributed by atoms with E-state index >= 15 is 0 Å². The van der Waals surface area contributed by atoms with Crippen molar-refractivity contribution in [3.63, 3.8) is 0 Å². The van der Waals surface area contributed by atoms with Gasteiger partial charge in [0.2, 0.25) is 5.43 Å². The number of anilines is 1. The average molecular weight is 412 g/mol. The summed E-state index contributed by atoms with van der Waals surface area (Å²) >= 11 is 3.23. The van der Waals surface area contributed by atoms with Gasteiger partial charge >= 0.3 is 6.18 Å². The topological polar surface area (TPSA) is 46.2 Å². The van der Waals surface area contributed by atoms with E-state index in [0.717, 1.165) is 18.2 Å². The molecule has 0 saturated heterocycles. The van der Waals surface area contributed by atoms with Gasteiger partial charge in [-0.1, -0.05) is 34.1 Å². The number of hydrogen-bond acceptors (Lipinski definition) is 3. The predicted octanol–water partition coefficient (Wildman–Crippen LogP) is 4.77. The molecule has 0 aliphatic carbocycles. The molecule has 0 saturated carbocycles. The minimum atomic E-state index is -4.41. The first-order valence-electron chi connectivity index (χ1n) is 7.13. The SMILES string of the molecule is CNc1ccc(Br)cc(C(=O)/C=C/c2ccc(C(F)(F)F)cc2)c1=O. The molecule has 0 aliphatic heterocycles. The highest BCUT2D eigenvalue weighted by Gasteiger charge is 2.29. The van der Waals surface area contributed by atoms with Crippen molar-refractivity contribution in [1.82, 2.24) is 0 Å². The number of allylic oxidation sites excluding steroid dienone is 1. The highest BCUT2D eigenvalue weighted by Crippen LogP contribution is 2.29. The van der Waals surface area contributed by atoms with E-state index in [1.54, 1.807) is 19.2 Å². The van der Waals surface area contributed by atoms with Crippen LogP contribution in [0.25, 0.3) is 6.08 Å². The summed E-state index contributed by atoms with van der Waals surface area (Å²) in [5, 5.41) is 2.72. The van der Waals surface area contributed by atoms with E-state index in [9.17, 15) is 22.8 Å². The predicted molar refractivity (Wildman–Crippen MR) is 94.8 cm³/mol. The van der Waals surface area contributed by atoms with Crippen LogP contribution in [0, 0.1) is 0 Å². The van der Waals surface area contributed by atoms with Crippen LogP contribution < -0.4 is 10.7 Å². The quantitative estimate of drug-likeness (QED) is 0.582. The Morgan fingerprint density at radius 3 is 2.32 bits per heavy atom. The third-order valence-corrected chi connectivity index (χ3v) is 3.87. The van der Waals surface area contributed by atoms with Crippen LogP contribution in [0.4, 0.5) is 18.9 Å². The van der Waals surface area contributed by atoms with E-state index < -0.39 is 23.0 Å².